The van der Waals surface area contributed by atoms with Crippen molar-refractivity contribution in [3.05, 3.63) is 24.3 Å². The number of hydrogen-bond donors (Lipinski definition) is 7. The smallest absolute Gasteiger partial charge is 0.394 e. The van der Waals surface area contributed by atoms with Gasteiger partial charge in [0.1, 0.15) is 30.5 Å². The van der Waals surface area contributed by atoms with E-state index in [1.54, 1.807) is 0 Å². The molecule has 0 bridgehead atoms. The molecule has 1 aliphatic rings. The third-order valence-corrected chi connectivity index (χ3v) is 13.3. The Bertz CT molecular complexity index is 1290. The van der Waals surface area contributed by atoms with Crippen LogP contribution >= 0.6 is 0 Å². The van der Waals surface area contributed by atoms with E-state index < -0.39 is 78.5 Å². The van der Waals surface area contributed by atoms with Crippen molar-refractivity contribution in [3.8, 4) is 0 Å². The highest BCUT2D eigenvalue weighted by Crippen LogP contribution is 2.26. The average Bonchev–Trinajstić information content (AvgIpc) is 3.29. The molecule has 13 nitrogen and oxygen atoms in total. The van der Waals surface area contributed by atoms with Crippen LogP contribution in [0.15, 0.2) is 24.3 Å². The van der Waals surface area contributed by atoms with Crippen LogP contribution in [-0.4, -0.2) is 107 Å². The summed E-state index contributed by atoms with van der Waals surface area (Å²) in [4.78, 5) is 13.2. The Hall–Kier alpha value is -1.46. The second-order valence-corrected chi connectivity index (χ2v) is 20.0. The summed E-state index contributed by atoms with van der Waals surface area (Å²) in [5.74, 6) is -0.668. The third-order valence-electron chi connectivity index (χ3n) is 12.9. The molecule has 0 aliphatic carbocycles. The maximum absolute atomic E-state index is 13.2. The van der Waals surface area contributed by atoms with E-state index in [0.717, 1.165) is 51.4 Å². The summed E-state index contributed by atoms with van der Waals surface area (Å²) >= 11 is 0. The minimum absolute atomic E-state index is 0.260. The zero-order chi connectivity index (χ0) is 48.5. The molecule has 0 saturated carbocycles. The molecule has 1 heterocycles. The van der Waals surface area contributed by atoms with E-state index in [2.05, 4.69) is 47.7 Å². The first-order chi connectivity index (χ1) is 31.9. The lowest BCUT2D eigenvalue weighted by atomic mass is 9.99. The Morgan fingerprint density at radius 3 is 1.52 bits per heavy atom. The Balaban J connectivity index is 2.45. The molecule has 0 aromatic carbocycles. The molecule has 14 heteroatoms. The molecule has 0 aromatic rings. The molecule has 1 amide bonds. The SMILES string of the molecule is CC/C=C\C/C=C\CCCCCCCCCCCCCCCC(O)C(=O)NC(COC1OC(CO)C(O)C(OS(=O)(=O)O)C1O)C(O)CCCCCCCCCCCCCCCCCCC. The summed E-state index contributed by atoms with van der Waals surface area (Å²) in [5.41, 5.74) is 0. The first kappa shape index (κ1) is 62.6. The molecule has 0 radical (unpaired) electrons. The average molecular weight is 962 g/mol. The highest BCUT2D eigenvalue weighted by molar-refractivity contribution is 7.80. The molecular weight excluding hydrogens is 863 g/mol. The largest absolute Gasteiger partial charge is 0.397 e. The number of allylic oxidation sites excluding steroid dienone is 4. The number of rotatable bonds is 46. The van der Waals surface area contributed by atoms with Crippen LogP contribution in [0.4, 0.5) is 0 Å². The van der Waals surface area contributed by atoms with Crippen molar-refractivity contribution in [2.75, 3.05) is 13.2 Å². The Labute approximate surface area is 402 Å². The topological polar surface area (TPSA) is 212 Å². The van der Waals surface area contributed by atoms with Gasteiger partial charge in [0, 0.05) is 0 Å². The summed E-state index contributed by atoms with van der Waals surface area (Å²) in [6.45, 7) is 3.21. The van der Waals surface area contributed by atoms with Gasteiger partial charge in [-0.1, -0.05) is 224 Å². The fraction of sp³-hybridized carbons (Fsp3) is 0.904. The van der Waals surface area contributed by atoms with Crippen molar-refractivity contribution < 1.29 is 57.0 Å². The molecule has 66 heavy (non-hydrogen) atoms. The van der Waals surface area contributed by atoms with Crippen LogP contribution in [0.2, 0.25) is 0 Å². The molecular formula is C52H99NO12S. The molecule has 1 aliphatic heterocycles. The minimum atomic E-state index is -5.11. The van der Waals surface area contributed by atoms with Gasteiger partial charge in [0.25, 0.3) is 0 Å². The van der Waals surface area contributed by atoms with Crippen LogP contribution in [0.1, 0.15) is 239 Å². The predicted octanol–water partition coefficient (Wildman–Crippen LogP) is 10.6. The monoisotopic (exact) mass is 962 g/mol. The Morgan fingerprint density at radius 1 is 0.621 bits per heavy atom. The van der Waals surface area contributed by atoms with Gasteiger partial charge in [-0.05, 0) is 38.5 Å². The lowest BCUT2D eigenvalue weighted by Crippen LogP contribution is -2.61. The molecule has 8 unspecified atom stereocenters. The van der Waals surface area contributed by atoms with E-state index in [9.17, 15) is 43.3 Å². The summed E-state index contributed by atoms with van der Waals surface area (Å²) in [6, 6.07) is -1.03. The van der Waals surface area contributed by atoms with Crippen molar-refractivity contribution in [1.82, 2.24) is 5.32 Å². The number of aliphatic hydroxyl groups is 5. The van der Waals surface area contributed by atoms with Crippen LogP contribution in [0.5, 0.6) is 0 Å². The van der Waals surface area contributed by atoms with Gasteiger partial charge in [0.2, 0.25) is 5.91 Å². The van der Waals surface area contributed by atoms with E-state index in [1.165, 1.54) is 148 Å². The number of carbonyl (C=O) groups excluding carboxylic acids is 1. The van der Waals surface area contributed by atoms with E-state index in [-0.39, 0.29) is 6.42 Å². The van der Waals surface area contributed by atoms with Crippen molar-refractivity contribution in [3.63, 3.8) is 0 Å². The second kappa shape index (κ2) is 42.4. The van der Waals surface area contributed by atoms with Crippen molar-refractivity contribution >= 4 is 16.3 Å². The number of amides is 1. The van der Waals surface area contributed by atoms with Gasteiger partial charge < -0.3 is 40.3 Å². The molecule has 1 rings (SSSR count). The van der Waals surface area contributed by atoms with Crippen molar-refractivity contribution in [2.24, 2.45) is 0 Å². The fourth-order valence-electron chi connectivity index (χ4n) is 8.68. The summed E-state index contributed by atoms with van der Waals surface area (Å²) in [6.07, 6.45) is 37.8. The lowest BCUT2D eigenvalue weighted by molar-refractivity contribution is -0.298. The normalized spacial score (nSPS) is 20.6. The quantitative estimate of drug-likeness (QED) is 0.0173. The van der Waals surface area contributed by atoms with Crippen molar-refractivity contribution in [2.45, 2.75) is 288 Å². The van der Waals surface area contributed by atoms with Crippen LogP contribution in [0.25, 0.3) is 0 Å². The molecule has 390 valence electrons. The van der Waals surface area contributed by atoms with E-state index >= 15 is 0 Å². The molecule has 1 fully saturated rings. The second-order valence-electron chi connectivity index (χ2n) is 18.9. The number of unbranched alkanes of at least 4 members (excludes halogenated alkanes) is 29. The van der Waals surface area contributed by atoms with E-state index in [1.807, 2.05) is 0 Å². The maximum atomic E-state index is 13.2. The zero-order valence-electron chi connectivity index (χ0n) is 41.6. The van der Waals surface area contributed by atoms with Crippen LogP contribution in [0, 0.1) is 0 Å². The molecule has 7 N–H and O–H groups in total. The third kappa shape index (κ3) is 33.9. The Kier molecular flexibility index (Phi) is 40.2. The van der Waals surface area contributed by atoms with Gasteiger partial charge in [-0.25, -0.2) is 4.18 Å². The van der Waals surface area contributed by atoms with Gasteiger partial charge in [-0.3, -0.25) is 9.35 Å². The van der Waals surface area contributed by atoms with E-state index in [0.29, 0.717) is 19.3 Å². The van der Waals surface area contributed by atoms with Gasteiger partial charge in [-0.15, -0.1) is 0 Å². The highest BCUT2D eigenvalue weighted by Gasteiger charge is 2.48. The predicted molar refractivity (Wildman–Crippen MR) is 265 cm³/mol. The molecule has 0 aromatic heterocycles. The van der Waals surface area contributed by atoms with Gasteiger partial charge in [0.05, 0.1) is 25.4 Å². The first-order valence-electron chi connectivity index (χ1n) is 26.8. The standard InChI is InChI=1S/C52H99NO12S/c1-3-5-7-9-11-13-15-17-19-21-22-23-25-27-29-31-33-35-37-39-41-46(56)51(59)53-44(43-63-52-49(58)50(65-66(60,61)62)48(57)47(42-54)64-52)45(55)40-38-36-34-32-30-28-26-24-20-18-16-14-12-10-8-6-4-2/h5,7,11,13,44-50,52,54-58H,3-4,6,8-10,12,14-43H2,1-2H3,(H,53,59)(H,60,61,62)/b7-5-,13-11-. The maximum Gasteiger partial charge on any atom is 0.397 e. The van der Waals surface area contributed by atoms with E-state index in [4.69, 9.17) is 9.47 Å². The first-order valence-corrected chi connectivity index (χ1v) is 28.2. The zero-order valence-corrected chi connectivity index (χ0v) is 42.4. The highest BCUT2D eigenvalue weighted by atomic mass is 32.3. The number of hydrogen-bond acceptors (Lipinski definition) is 11. The summed E-state index contributed by atoms with van der Waals surface area (Å²) < 4.78 is 47.7. The summed E-state index contributed by atoms with van der Waals surface area (Å²) in [7, 11) is -5.11. The van der Waals surface area contributed by atoms with Crippen LogP contribution < -0.4 is 5.32 Å². The van der Waals surface area contributed by atoms with Crippen molar-refractivity contribution in [1.29, 1.82) is 0 Å². The lowest BCUT2D eigenvalue weighted by Gasteiger charge is -2.41. The number of ether oxygens (including phenoxy) is 2. The van der Waals surface area contributed by atoms with Gasteiger partial charge in [-0.2, -0.15) is 8.42 Å². The minimum Gasteiger partial charge on any atom is -0.394 e. The Morgan fingerprint density at radius 2 is 1.06 bits per heavy atom. The van der Waals surface area contributed by atoms with Crippen LogP contribution in [0.3, 0.4) is 0 Å². The van der Waals surface area contributed by atoms with Gasteiger partial charge in [0.15, 0.2) is 6.29 Å². The molecule has 8 atom stereocenters. The number of aliphatic hydroxyl groups excluding tert-OH is 5. The molecule has 1 saturated heterocycles. The number of carbonyl (C=O) groups is 1. The van der Waals surface area contributed by atoms with Gasteiger partial charge >= 0.3 is 10.4 Å². The van der Waals surface area contributed by atoms with Crippen LogP contribution in [-0.2, 0) is 28.9 Å². The molecule has 0 spiro atoms. The fourth-order valence-corrected chi connectivity index (χ4v) is 9.19. The number of nitrogens with one attached hydrogen (secondary N) is 1. The summed E-state index contributed by atoms with van der Waals surface area (Å²) in [5, 5.41) is 55.6.